The summed E-state index contributed by atoms with van der Waals surface area (Å²) in [7, 11) is 0. The van der Waals surface area contributed by atoms with Crippen LogP contribution in [0.15, 0.2) is 24.3 Å². The second-order valence-electron chi connectivity index (χ2n) is 6.91. The van der Waals surface area contributed by atoms with Crippen molar-refractivity contribution in [3.63, 3.8) is 0 Å². The molecule has 1 aromatic carbocycles. The van der Waals surface area contributed by atoms with Gasteiger partial charge >= 0.3 is 0 Å². The fourth-order valence-corrected chi connectivity index (χ4v) is 3.48. The Kier molecular flexibility index (Phi) is 8.26. The summed E-state index contributed by atoms with van der Waals surface area (Å²) in [6.45, 7) is 11.3. The number of rotatable bonds is 10. The number of ether oxygens (including phenoxy) is 1. The van der Waals surface area contributed by atoms with Gasteiger partial charge in [0.15, 0.2) is 0 Å². The Morgan fingerprint density at radius 2 is 1.96 bits per heavy atom. The van der Waals surface area contributed by atoms with Crippen molar-refractivity contribution in [1.82, 2.24) is 9.80 Å². The molecule has 1 aliphatic rings. The third kappa shape index (κ3) is 5.74. The molecule has 0 aliphatic carbocycles. The molecule has 4 heteroatoms. The molecular formula is C21H34N2O2. The number of unbranched alkanes of at least 4 members (excludes halogenated alkanes) is 1. The molecule has 4 nitrogen and oxygen atoms in total. The van der Waals surface area contributed by atoms with Gasteiger partial charge < -0.3 is 14.5 Å². The molecule has 1 saturated heterocycles. The zero-order chi connectivity index (χ0) is 18.1. The van der Waals surface area contributed by atoms with Crippen molar-refractivity contribution in [3.8, 4) is 5.75 Å². The first-order valence-corrected chi connectivity index (χ1v) is 9.95. The molecule has 0 radical (unpaired) electrons. The largest absolute Gasteiger partial charge is 0.494 e. The van der Waals surface area contributed by atoms with Crippen molar-refractivity contribution in [2.45, 2.75) is 58.9 Å². The van der Waals surface area contributed by atoms with Gasteiger partial charge in [0, 0.05) is 24.7 Å². The van der Waals surface area contributed by atoms with E-state index in [4.69, 9.17) is 4.74 Å². The lowest BCUT2D eigenvalue weighted by Crippen LogP contribution is -2.43. The van der Waals surface area contributed by atoms with Gasteiger partial charge in [-0.3, -0.25) is 4.79 Å². The molecule has 1 aliphatic heterocycles. The Morgan fingerprint density at radius 1 is 1.20 bits per heavy atom. The number of likely N-dealkylation sites (tertiary alicyclic amines) is 1. The normalized spacial score (nSPS) is 17.3. The number of hydrogen-bond donors (Lipinski definition) is 0. The van der Waals surface area contributed by atoms with Crippen molar-refractivity contribution in [2.75, 3.05) is 32.8 Å². The molecule has 0 unspecified atom stereocenters. The Hall–Kier alpha value is -1.55. The fourth-order valence-electron chi connectivity index (χ4n) is 3.48. The van der Waals surface area contributed by atoms with Crippen molar-refractivity contribution < 1.29 is 9.53 Å². The minimum absolute atomic E-state index is 0.162. The van der Waals surface area contributed by atoms with Crippen molar-refractivity contribution in [3.05, 3.63) is 29.8 Å². The zero-order valence-electron chi connectivity index (χ0n) is 16.2. The summed E-state index contributed by atoms with van der Waals surface area (Å²) < 4.78 is 5.69. The quantitative estimate of drug-likeness (QED) is 0.595. The predicted molar refractivity (Wildman–Crippen MR) is 103 cm³/mol. The van der Waals surface area contributed by atoms with Gasteiger partial charge in [-0.15, -0.1) is 0 Å². The molecule has 1 heterocycles. The number of likely N-dealkylation sites (N-methyl/N-ethyl adjacent to an activating group) is 1. The van der Waals surface area contributed by atoms with E-state index in [1.165, 1.54) is 0 Å². The molecule has 2 rings (SSSR count). The second-order valence-corrected chi connectivity index (χ2v) is 6.91. The van der Waals surface area contributed by atoms with Gasteiger partial charge in [-0.2, -0.15) is 0 Å². The SMILES string of the molecule is CCCCOc1ccc(C(=O)N2CCC[C@@H]2CN(CC)CCC)cc1. The molecule has 140 valence electrons. The summed E-state index contributed by atoms with van der Waals surface area (Å²) in [5.74, 6) is 1.01. The van der Waals surface area contributed by atoms with Crippen LogP contribution in [0.25, 0.3) is 0 Å². The average Bonchev–Trinajstić information content (AvgIpc) is 3.09. The van der Waals surface area contributed by atoms with Gasteiger partial charge in [0.05, 0.1) is 6.61 Å². The van der Waals surface area contributed by atoms with E-state index in [0.29, 0.717) is 6.04 Å². The monoisotopic (exact) mass is 346 g/mol. The van der Waals surface area contributed by atoms with Crippen LogP contribution in [0.5, 0.6) is 5.75 Å². The van der Waals surface area contributed by atoms with Gasteiger partial charge in [-0.05, 0) is 63.0 Å². The smallest absolute Gasteiger partial charge is 0.254 e. The van der Waals surface area contributed by atoms with Gasteiger partial charge in [0.1, 0.15) is 5.75 Å². The van der Waals surface area contributed by atoms with E-state index in [2.05, 4.69) is 30.6 Å². The van der Waals surface area contributed by atoms with Crippen molar-refractivity contribution in [1.29, 1.82) is 0 Å². The molecule has 1 amide bonds. The number of benzene rings is 1. The zero-order valence-corrected chi connectivity index (χ0v) is 16.2. The minimum atomic E-state index is 0.162. The van der Waals surface area contributed by atoms with Crippen LogP contribution in [0.4, 0.5) is 0 Å². The number of carbonyl (C=O) groups excluding carboxylic acids is 1. The molecule has 0 N–H and O–H groups in total. The highest BCUT2D eigenvalue weighted by Crippen LogP contribution is 2.22. The molecule has 0 bridgehead atoms. The summed E-state index contributed by atoms with van der Waals surface area (Å²) in [5, 5.41) is 0. The summed E-state index contributed by atoms with van der Waals surface area (Å²) in [4.78, 5) is 17.5. The summed E-state index contributed by atoms with van der Waals surface area (Å²) in [6, 6.07) is 8.00. The first kappa shape index (κ1) is 19.8. The highest BCUT2D eigenvalue weighted by molar-refractivity contribution is 5.94. The third-order valence-corrected chi connectivity index (χ3v) is 4.96. The van der Waals surface area contributed by atoms with E-state index in [1.54, 1.807) is 0 Å². The predicted octanol–water partition coefficient (Wildman–Crippen LogP) is 4.20. The number of carbonyl (C=O) groups is 1. The van der Waals surface area contributed by atoms with Crippen LogP contribution < -0.4 is 4.74 Å². The van der Waals surface area contributed by atoms with E-state index in [1.807, 2.05) is 24.3 Å². The lowest BCUT2D eigenvalue weighted by Gasteiger charge is -2.30. The van der Waals surface area contributed by atoms with Gasteiger partial charge in [-0.1, -0.05) is 27.2 Å². The van der Waals surface area contributed by atoms with Crippen molar-refractivity contribution in [2.24, 2.45) is 0 Å². The second kappa shape index (κ2) is 10.4. The Morgan fingerprint density at radius 3 is 2.60 bits per heavy atom. The lowest BCUT2D eigenvalue weighted by atomic mass is 10.1. The number of hydrogen-bond acceptors (Lipinski definition) is 3. The number of amides is 1. The fraction of sp³-hybridized carbons (Fsp3) is 0.667. The maximum absolute atomic E-state index is 12.9. The summed E-state index contributed by atoms with van der Waals surface area (Å²) >= 11 is 0. The van der Waals surface area contributed by atoms with Crippen LogP contribution in [0.2, 0.25) is 0 Å². The number of nitrogens with zero attached hydrogens (tertiary/aromatic N) is 2. The lowest BCUT2D eigenvalue weighted by molar-refractivity contribution is 0.0702. The first-order chi connectivity index (χ1) is 12.2. The molecule has 1 atom stereocenters. The standard InChI is InChI=1S/C21H34N2O2/c1-4-7-16-25-20-12-10-18(11-13-20)21(24)23-15-8-9-19(23)17-22(6-3)14-5-2/h10-13,19H,4-9,14-17H2,1-3H3/t19-/m1/s1. The molecule has 1 aromatic rings. The van der Waals surface area contributed by atoms with Crippen LogP contribution in [0.3, 0.4) is 0 Å². The van der Waals surface area contributed by atoms with Gasteiger partial charge in [-0.25, -0.2) is 0 Å². The maximum atomic E-state index is 12.9. The van der Waals surface area contributed by atoms with E-state index in [0.717, 1.165) is 76.2 Å². The molecule has 0 spiro atoms. The first-order valence-electron chi connectivity index (χ1n) is 9.95. The highest BCUT2D eigenvalue weighted by Gasteiger charge is 2.30. The van der Waals surface area contributed by atoms with E-state index in [-0.39, 0.29) is 5.91 Å². The topological polar surface area (TPSA) is 32.8 Å². The van der Waals surface area contributed by atoms with Crippen LogP contribution in [-0.4, -0.2) is 54.5 Å². The van der Waals surface area contributed by atoms with Crippen molar-refractivity contribution >= 4 is 5.91 Å². The Bertz CT molecular complexity index is 515. The minimum Gasteiger partial charge on any atom is -0.494 e. The molecule has 0 aromatic heterocycles. The molecule has 0 saturated carbocycles. The highest BCUT2D eigenvalue weighted by atomic mass is 16.5. The summed E-state index contributed by atoms with van der Waals surface area (Å²) in [6.07, 6.45) is 5.57. The van der Waals surface area contributed by atoms with E-state index in [9.17, 15) is 4.79 Å². The average molecular weight is 347 g/mol. The third-order valence-electron chi connectivity index (χ3n) is 4.96. The van der Waals surface area contributed by atoms with E-state index < -0.39 is 0 Å². The Balaban J connectivity index is 1.95. The van der Waals surface area contributed by atoms with Gasteiger partial charge in [0.25, 0.3) is 5.91 Å². The van der Waals surface area contributed by atoms with Crippen LogP contribution >= 0.6 is 0 Å². The molecule has 25 heavy (non-hydrogen) atoms. The van der Waals surface area contributed by atoms with Gasteiger partial charge in [0.2, 0.25) is 0 Å². The molecule has 1 fully saturated rings. The van der Waals surface area contributed by atoms with Crippen LogP contribution in [-0.2, 0) is 0 Å². The Labute approximate surface area is 153 Å². The van der Waals surface area contributed by atoms with Crippen LogP contribution in [0, 0.1) is 0 Å². The van der Waals surface area contributed by atoms with E-state index >= 15 is 0 Å². The summed E-state index contributed by atoms with van der Waals surface area (Å²) in [5.41, 5.74) is 0.772. The molecular weight excluding hydrogens is 312 g/mol. The van der Waals surface area contributed by atoms with Crippen LogP contribution in [0.1, 0.15) is 63.2 Å². The maximum Gasteiger partial charge on any atom is 0.254 e.